The van der Waals surface area contributed by atoms with Crippen LogP contribution in [0.15, 0.2) is 18.3 Å². The molecule has 1 rings (SSSR count). The van der Waals surface area contributed by atoms with Crippen LogP contribution in [0.25, 0.3) is 0 Å². The molecule has 0 saturated heterocycles. The average Bonchev–Trinajstić information content (AvgIpc) is 2.09. The molecule has 1 aromatic heterocycles. The van der Waals surface area contributed by atoms with Gasteiger partial charge in [0.25, 0.3) is 0 Å². The van der Waals surface area contributed by atoms with E-state index >= 15 is 0 Å². The lowest BCUT2D eigenvalue weighted by atomic mass is 9.87. The maximum Gasteiger partial charge on any atom is 0.125 e. The van der Waals surface area contributed by atoms with Gasteiger partial charge < -0.3 is 4.79 Å². The molecule has 0 aliphatic rings. The van der Waals surface area contributed by atoms with Gasteiger partial charge in [0.1, 0.15) is 6.29 Å². The zero-order chi connectivity index (χ0) is 9.90. The molecule has 1 aromatic rings. The Labute approximate surface area is 79.0 Å². The molecule has 0 bridgehead atoms. The van der Waals surface area contributed by atoms with Gasteiger partial charge in [-0.3, -0.25) is 4.98 Å². The van der Waals surface area contributed by atoms with E-state index < -0.39 is 0 Å². The minimum absolute atomic E-state index is 0.284. The fourth-order valence-electron chi connectivity index (χ4n) is 1.24. The third-order valence-electron chi connectivity index (χ3n) is 2.08. The van der Waals surface area contributed by atoms with E-state index in [-0.39, 0.29) is 5.41 Å². The summed E-state index contributed by atoms with van der Waals surface area (Å²) in [5, 5.41) is 0. The molecular formula is C11H15NO. The van der Waals surface area contributed by atoms with E-state index in [4.69, 9.17) is 0 Å². The highest BCUT2D eigenvalue weighted by molar-refractivity contribution is 5.58. The molecule has 0 aliphatic carbocycles. The highest BCUT2D eigenvalue weighted by Gasteiger charge is 2.18. The van der Waals surface area contributed by atoms with Crippen LogP contribution in [0.4, 0.5) is 0 Å². The number of carbonyl (C=O) groups excluding carboxylic acids is 1. The molecule has 1 heterocycles. The van der Waals surface area contributed by atoms with Crippen LogP contribution in [0.5, 0.6) is 0 Å². The Balaban J connectivity index is 2.86. The summed E-state index contributed by atoms with van der Waals surface area (Å²) < 4.78 is 0. The minimum Gasteiger partial charge on any atom is -0.303 e. The van der Waals surface area contributed by atoms with Crippen molar-refractivity contribution in [3.63, 3.8) is 0 Å². The second-order valence-corrected chi connectivity index (χ2v) is 4.03. The molecule has 0 radical (unpaired) electrons. The van der Waals surface area contributed by atoms with Gasteiger partial charge in [-0.25, -0.2) is 0 Å². The first-order valence-corrected chi connectivity index (χ1v) is 4.42. The van der Waals surface area contributed by atoms with Crippen molar-refractivity contribution in [3.8, 4) is 0 Å². The monoisotopic (exact) mass is 177 g/mol. The molecule has 0 amide bonds. The lowest BCUT2D eigenvalue weighted by Crippen LogP contribution is -2.17. The average molecular weight is 177 g/mol. The van der Waals surface area contributed by atoms with Crippen LogP contribution in [0.1, 0.15) is 25.1 Å². The van der Waals surface area contributed by atoms with Crippen molar-refractivity contribution in [3.05, 3.63) is 29.6 Å². The molecule has 0 N–H and O–H groups in total. The van der Waals surface area contributed by atoms with E-state index in [2.05, 4.69) is 4.98 Å². The summed E-state index contributed by atoms with van der Waals surface area (Å²) >= 11 is 0. The van der Waals surface area contributed by atoms with E-state index in [0.717, 1.165) is 24.0 Å². The maximum absolute atomic E-state index is 10.7. The smallest absolute Gasteiger partial charge is 0.125 e. The largest absolute Gasteiger partial charge is 0.303 e. The number of hydrogen-bond donors (Lipinski definition) is 0. The third-order valence-corrected chi connectivity index (χ3v) is 2.08. The quantitative estimate of drug-likeness (QED) is 0.662. The molecule has 0 unspecified atom stereocenters. The number of carbonyl (C=O) groups is 1. The van der Waals surface area contributed by atoms with Crippen LogP contribution in [0.3, 0.4) is 0 Å². The molecule has 13 heavy (non-hydrogen) atoms. The molecule has 2 heteroatoms. The highest BCUT2D eigenvalue weighted by atomic mass is 16.1. The maximum atomic E-state index is 10.7. The van der Waals surface area contributed by atoms with Gasteiger partial charge in [0.05, 0.1) is 0 Å². The zero-order valence-corrected chi connectivity index (χ0v) is 8.37. The van der Waals surface area contributed by atoms with Gasteiger partial charge in [-0.1, -0.05) is 19.9 Å². The number of hydrogen-bond acceptors (Lipinski definition) is 2. The number of nitrogens with zero attached hydrogens (tertiary/aromatic N) is 1. The summed E-state index contributed by atoms with van der Waals surface area (Å²) in [5.41, 5.74) is 1.88. The Hall–Kier alpha value is -1.18. The van der Waals surface area contributed by atoms with E-state index in [1.165, 1.54) is 0 Å². The summed E-state index contributed by atoms with van der Waals surface area (Å²) in [7, 11) is 0. The number of pyridine rings is 1. The van der Waals surface area contributed by atoms with Crippen molar-refractivity contribution in [1.82, 2.24) is 4.98 Å². The van der Waals surface area contributed by atoms with Crippen LogP contribution in [-0.4, -0.2) is 11.3 Å². The highest BCUT2D eigenvalue weighted by Crippen LogP contribution is 2.19. The van der Waals surface area contributed by atoms with Gasteiger partial charge in [0, 0.05) is 17.3 Å². The Morgan fingerprint density at radius 1 is 1.54 bits per heavy atom. The molecule has 0 aliphatic heterocycles. The Kier molecular flexibility index (Phi) is 2.81. The molecule has 0 atom stereocenters. The Morgan fingerprint density at radius 3 is 2.77 bits per heavy atom. The van der Waals surface area contributed by atoms with Gasteiger partial charge in [-0.2, -0.15) is 0 Å². The molecule has 2 nitrogen and oxygen atoms in total. The Bertz CT molecular complexity index is 305. The van der Waals surface area contributed by atoms with Crippen LogP contribution < -0.4 is 0 Å². The second kappa shape index (κ2) is 3.69. The van der Waals surface area contributed by atoms with Crippen LogP contribution in [0, 0.1) is 12.3 Å². The van der Waals surface area contributed by atoms with Gasteiger partial charge in [0.15, 0.2) is 0 Å². The first-order valence-electron chi connectivity index (χ1n) is 4.42. The van der Waals surface area contributed by atoms with E-state index in [9.17, 15) is 4.79 Å². The fraction of sp³-hybridized carbons (Fsp3) is 0.455. The summed E-state index contributed by atoms with van der Waals surface area (Å²) in [6, 6.07) is 3.93. The van der Waals surface area contributed by atoms with Crippen molar-refractivity contribution >= 4 is 6.29 Å². The van der Waals surface area contributed by atoms with Gasteiger partial charge in [0.2, 0.25) is 0 Å². The molecule has 70 valence electrons. The normalized spacial score (nSPS) is 11.3. The molecule has 0 saturated carbocycles. The SMILES string of the molecule is Cc1ncccc1CC(C)(C)C=O. The summed E-state index contributed by atoms with van der Waals surface area (Å²) in [5.74, 6) is 0. The van der Waals surface area contributed by atoms with E-state index in [1.807, 2.05) is 32.9 Å². The van der Waals surface area contributed by atoms with Crippen molar-refractivity contribution < 1.29 is 4.79 Å². The van der Waals surface area contributed by atoms with E-state index in [1.54, 1.807) is 6.20 Å². The third kappa shape index (κ3) is 2.65. The van der Waals surface area contributed by atoms with Crippen LogP contribution in [-0.2, 0) is 11.2 Å². The Morgan fingerprint density at radius 2 is 2.23 bits per heavy atom. The topological polar surface area (TPSA) is 30.0 Å². The minimum atomic E-state index is -0.284. The van der Waals surface area contributed by atoms with Gasteiger partial charge in [-0.05, 0) is 25.0 Å². The number of aldehydes is 1. The molecule has 0 spiro atoms. The molecule has 0 fully saturated rings. The fourth-order valence-corrected chi connectivity index (χ4v) is 1.24. The van der Waals surface area contributed by atoms with Crippen molar-refractivity contribution in [2.45, 2.75) is 27.2 Å². The van der Waals surface area contributed by atoms with Gasteiger partial charge >= 0.3 is 0 Å². The first-order chi connectivity index (χ1) is 6.05. The molecule has 0 aromatic carbocycles. The predicted molar refractivity (Wildman–Crippen MR) is 52.5 cm³/mol. The van der Waals surface area contributed by atoms with Gasteiger partial charge in [-0.15, -0.1) is 0 Å². The lowest BCUT2D eigenvalue weighted by Gasteiger charge is -2.17. The van der Waals surface area contributed by atoms with E-state index in [0.29, 0.717) is 0 Å². The predicted octanol–water partition coefficient (Wildman–Crippen LogP) is 2.16. The van der Waals surface area contributed by atoms with Crippen molar-refractivity contribution in [2.24, 2.45) is 5.41 Å². The summed E-state index contributed by atoms with van der Waals surface area (Å²) in [6.45, 7) is 5.84. The lowest BCUT2D eigenvalue weighted by molar-refractivity contribution is -0.114. The van der Waals surface area contributed by atoms with Crippen LogP contribution >= 0.6 is 0 Å². The standard InChI is InChI=1S/C11H15NO/c1-9-10(5-4-6-12-9)7-11(2,3)8-13/h4-6,8H,7H2,1-3H3. The number of rotatable bonds is 3. The first kappa shape index (κ1) is 9.90. The molecular weight excluding hydrogens is 162 g/mol. The van der Waals surface area contributed by atoms with Crippen LogP contribution in [0.2, 0.25) is 0 Å². The zero-order valence-electron chi connectivity index (χ0n) is 8.37. The number of aromatic nitrogens is 1. The van der Waals surface area contributed by atoms with Crippen molar-refractivity contribution in [2.75, 3.05) is 0 Å². The number of aryl methyl sites for hydroxylation is 1. The second-order valence-electron chi connectivity index (χ2n) is 4.03. The summed E-state index contributed by atoms with van der Waals surface area (Å²) in [6.07, 6.45) is 3.53. The summed E-state index contributed by atoms with van der Waals surface area (Å²) in [4.78, 5) is 14.9. The van der Waals surface area contributed by atoms with Crippen molar-refractivity contribution in [1.29, 1.82) is 0 Å².